The molecule has 0 amide bonds. The van der Waals surface area contributed by atoms with E-state index >= 15 is 0 Å². The third-order valence-corrected chi connectivity index (χ3v) is 3.19. The fraction of sp³-hybridized carbons (Fsp3) is 0.923. The van der Waals surface area contributed by atoms with Gasteiger partial charge in [0.2, 0.25) is 0 Å². The highest BCUT2D eigenvalue weighted by Gasteiger charge is 2.46. The van der Waals surface area contributed by atoms with E-state index in [0.29, 0.717) is 18.6 Å². The predicted octanol–water partition coefficient (Wildman–Crippen LogP) is 2.47. The Morgan fingerprint density at radius 1 is 1.44 bits per heavy atom. The summed E-state index contributed by atoms with van der Waals surface area (Å²) in [6.07, 6.45) is 3.53. The van der Waals surface area contributed by atoms with Crippen molar-refractivity contribution in [1.82, 2.24) is 5.32 Å². The van der Waals surface area contributed by atoms with Gasteiger partial charge in [-0.15, -0.1) is 0 Å². The number of nitrogens with zero attached hydrogens (tertiary/aromatic N) is 1. The maximum absolute atomic E-state index is 9.43. The average Bonchev–Trinajstić information content (AvgIpc) is 3.07. The van der Waals surface area contributed by atoms with Crippen molar-refractivity contribution >= 4 is 0 Å². The molecule has 1 rings (SSSR count). The maximum Gasteiger partial charge on any atom is 0.133 e. The zero-order chi connectivity index (χ0) is 12.2. The van der Waals surface area contributed by atoms with Gasteiger partial charge in [0.1, 0.15) is 5.54 Å². The molecule has 1 aliphatic rings. The molecule has 0 aromatic carbocycles. The minimum Gasteiger partial charge on any atom is -0.375 e. The second-order valence-electron chi connectivity index (χ2n) is 5.19. The summed E-state index contributed by atoms with van der Waals surface area (Å²) < 4.78 is 5.76. The van der Waals surface area contributed by atoms with Crippen LogP contribution in [0.3, 0.4) is 0 Å². The topological polar surface area (TPSA) is 45.0 Å². The third-order valence-electron chi connectivity index (χ3n) is 3.19. The largest absolute Gasteiger partial charge is 0.375 e. The Labute approximate surface area is 99.2 Å². The van der Waals surface area contributed by atoms with Crippen molar-refractivity contribution in [3.05, 3.63) is 0 Å². The highest BCUT2D eigenvalue weighted by atomic mass is 16.5. The molecular weight excluding hydrogens is 200 g/mol. The SMILES string of the molecule is CCC(C)OCC(C#N)(NC(C)C)C1CC1. The minimum atomic E-state index is -0.461. The van der Waals surface area contributed by atoms with Crippen LogP contribution < -0.4 is 5.32 Å². The molecule has 0 aromatic rings. The Bertz CT molecular complexity index is 255. The van der Waals surface area contributed by atoms with E-state index in [4.69, 9.17) is 4.74 Å². The Kier molecular flexibility index (Phi) is 4.76. The number of nitriles is 1. The first-order valence-electron chi connectivity index (χ1n) is 6.34. The van der Waals surface area contributed by atoms with Crippen molar-refractivity contribution in [3.8, 4) is 6.07 Å². The zero-order valence-electron chi connectivity index (χ0n) is 10.9. The van der Waals surface area contributed by atoms with Gasteiger partial charge < -0.3 is 4.74 Å². The van der Waals surface area contributed by atoms with Crippen LogP contribution in [0.2, 0.25) is 0 Å². The minimum absolute atomic E-state index is 0.237. The maximum atomic E-state index is 9.43. The van der Waals surface area contributed by atoms with Gasteiger partial charge in [0.25, 0.3) is 0 Å². The molecule has 1 aliphatic carbocycles. The van der Waals surface area contributed by atoms with Crippen LogP contribution in [0.15, 0.2) is 0 Å². The van der Waals surface area contributed by atoms with Crippen LogP contribution in [-0.4, -0.2) is 24.3 Å². The molecule has 1 N–H and O–H groups in total. The summed E-state index contributed by atoms with van der Waals surface area (Å²) in [5.41, 5.74) is -0.461. The number of ether oxygens (including phenoxy) is 1. The molecule has 0 radical (unpaired) electrons. The van der Waals surface area contributed by atoms with Gasteiger partial charge in [0, 0.05) is 6.04 Å². The standard InChI is InChI=1S/C13H24N2O/c1-5-11(4)16-9-13(8-14,12-6-7-12)15-10(2)3/h10-12,15H,5-7,9H2,1-4H3. The fourth-order valence-corrected chi connectivity index (χ4v) is 1.92. The number of rotatable bonds is 7. The summed E-state index contributed by atoms with van der Waals surface area (Å²) in [5.74, 6) is 0.476. The van der Waals surface area contributed by atoms with Gasteiger partial charge in [0.05, 0.1) is 18.8 Å². The van der Waals surface area contributed by atoms with E-state index in [0.717, 1.165) is 19.3 Å². The van der Waals surface area contributed by atoms with E-state index in [1.807, 2.05) is 0 Å². The number of hydrogen-bond donors (Lipinski definition) is 1. The van der Waals surface area contributed by atoms with Crippen LogP contribution in [0.1, 0.15) is 47.0 Å². The second-order valence-corrected chi connectivity index (χ2v) is 5.19. The monoisotopic (exact) mass is 224 g/mol. The van der Waals surface area contributed by atoms with Crippen LogP contribution in [-0.2, 0) is 4.74 Å². The summed E-state index contributed by atoms with van der Waals surface area (Å²) in [7, 11) is 0. The van der Waals surface area contributed by atoms with Crippen molar-refractivity contribution in [2.75, 3.05) is 6.61 Å². The molecule has 16 heavy (non-hydrogen) atoms. The number of nitrogens with one attached hydrogen (secondary N) is 1. The Hall–Kier alpha value is -0.590. The highest BCUT2D eigenvalue weighted by Crippen LogP contribution is 2.40. The Balaban J connectivity index is 2.59. The van der Waals surface area contributed by atoms with E-state index in [-0.39, 0.29) is 6.10 Å². The fourth-order valence-electron chi connectivity index (χ4n) is 1.92. The molecule has 0 saturated heterocycles. The van der Waals surface area contributed by atoms with Gasteiger partial charge in [-0.05, 0) is 46.0 Å². The van der Waals surface area contributed by atoms with Crippen LogP contribution in [0.25, 0.3) is 0 Å². The van der Waals surface area contributed by atoms with Crippen molar-refractivity contribution in [3.63, 3.8) is 0 Å². The van der Waals surface area contributed by atoms with E-state index in [2.05, 4.69) is 39.1 Å². The van der Waals surface area contributed by atoms with Crippen LogP contribution in [0, 0.1) is 17.2 Å². The Morgan fingerprint density at radius 3 is 2.44 bits per heavy atom. The van der Waals surface area contributed by atoms with E-state index in [1.165, 1.54) is 0 Å². The first kappa shape index (κ1) is 13.5. The predicted molar refractivity (Wildman–Crippen MR) is 65.0 cm³/mol. The third kappa shape index (κ3) is 3.47. The van der Waals surface area contributed by atoms with Crippen molar-refractivity contribution in [2.24, 2.45) is 5.92 Å². The van der Waals surface area contributed by atoms with Crippen LogP contribution >= 0.6 is 0 Å². The van der Waals surface area contributed by atoms with Gasteiger partial charge in [0.15, 0.2) is 0 Å². The van der Waals surface area contributed by atoms with Crippen LogP contribution in [0.5, 0.6) is 0 Å². The molecular formula is C13H24N2O. The molecule has 0 spiro atoms. The summed E-state index contributed by atoms with van der Waals surface area (Å²) >= 11 is 0. The van der Waals surface area contributed by atoms with Gasteiger partial charge in [-0.3, -0.25) is 5.32 Å². The molecule has 3 nitrogen and oxygen atoms in total. The lowest BCUT2D eigenvalue weighted by atomic mass is 9.95. The first-order valence-corrected chi connectivity index (χ1v) is 6.34. The molecule has 1 fully saturated rings. The van der Waals surface area contributed by atoms with E-state index in [9.17, 15) is 5.26 Å². The van der Waals surface area contributed by atoms with E-state index in [1.54, 1.807) is 0 Å². The van der Waals surface area contributed by atoms with Gasteiger partial charge in [-0.25, -0.2) is 0 Å². The summed E-state index contributed by atoms with van der Waals surface area (Å²) in [6, 6.07) is 2.77. The molecule has 0 aliphatic heterocycles. The smallest absolute Gasteiger partial charge is 0.133 e. The van der Waals surface area contributed by atoms with Crippen molar-refractivity contribution in [1.29, 1.82) is 5.26 Å². The van der Waals surface area contributed by atoms with E-state index < -0.39 is 5.54 Å². The quantitative estimate of drug-likeness (QED) is 0.722. The molecule has 3 heteroatoms. The lowest BCUT2D eigenvalue weighted by Crippen LogP contribution is -2.53. The second kappa shape index (κ2) is 5.65. The summed E-state index contributed by atoms with van der Waals surface area (Å²) in [6.45, 7) is 8.84. The first-order chi connectivity index (χ1) is 7.54. The molecule has 2 unspecified atom stereocenters. The molecule has 0 aromatic heterocycles. The molecule has 92 valence electrons. The molecule has 0 heterocycles. The zero-order valence-corrected chi connectivity index (χ0v) is 10.9. The van der Waals surface area contributed by atoms with Crippen LogP contribution in [0.4, 0.5) is 0 Å². The lowest BCUT2D eigenvalue weighted by Gasteiger charge is -2.31. The number of hydrogen-bond acceptors (Lipinski definition) is 3. The van der Waals surface area contributed by atoms with Gasteiger partial charge >= 0.3 is 0 Å². The normalized spacial score (nSPS) is 21.5. The molecule has 1 saturated carbocycles. The Morgan fingerprint density at radius 2 is 2.06 bits per heavy atom. The lowest BCUT2D eigenvalue weighted by molar-refractivity contribution is 0.0237. The summed E-state index contributed by atoms with van der Waals surface area (Å²) in [5, 5.41) is 12.8. The summed E-state index contributed by atoms with van der Waals surface area (Å²) in [4.78, 5) is 0. The average molecular weight is 224 g/mol. The van der Waals surface area contributed by atoms with Gasteiger partial charge in [-0.1, -0.05) is 6.92 Å². The van der Waals surface area contributed by atoms with Crippen molar-refractivity contribution < 1.29 is 4.74 Å². The van der Waals surface area contributed by atoms with Crippen molar-refractivity contribution in [2.45, 2.75) is 64.6 Å². The molecule has 0 bridgehead atoms. The highest BCUT2D eigenvalue weighted by molar-refractivity contribution is 5.16. The molecule has 2 atom stereocenters. The van der Waals surface area contributed by atoms with Gasteiger partial charge in [-0.2, -0.15) is 5.26 Å².